The average molecular weight is 1100 g/mol. The maximum atomic E-state index is 17.2. The Kier molecular flexibility index (Phi) is 13.6. The van der Waals surface area contributed by atoms with Crippen molar-refractivity contribution in [2.75, 3.05) is 64.0 Å². The van der Waals surface area contributed by atoms with E-state index in [1.807, 2.05) is 22.8 Å². The number of hydrogen-bond acceptors (Lipinski definition) is 14. The molecule has 3 amide bonds. The molecule has 3 aromatic carbocycles. The number of hydrogen-bond donors (Lipinski definition) is 3. The summed E-state index contributed by atoms with van der Waals surface area (Å²) in [5.41, 5.74) is 2.90. The Morgan fingerprint density at radius 1 is 0.875 bits per heavy atom. The van der Waals surface area contributed by atoms with Crippen LogP contribution >= 0.6 is 0 Å². The van der Waals surface area contributed by atoms with E-state index in [1.165, 1.54) is 34.5 Å². The third-order valence-corrected chi connectivity index (χ3v) is 19.7. The minimum atomic E-state index is -0.752. The first-order valence-electron chi connectivity index (χ1n) is 29.0. The zero-order valence-corrected chi connectivity index (χ0v) is 45.6. The first-order valence-corrected chi connectivity index (χ1v) is 29.0. The standard InChI is InChI=1S/C60H70F2N10O8/c1-3-42-45(61)9-7-37-26-41(74)28-43(50(37)42)52-51(62)53-44(31-63-52)54(70-20-4-6-38(70)32-73)66-56(65-53)80-34-60-16-5-21-71(60)39(13-17-60)33-79-58(78)69-24-18-59(19-25-69)29-40(30-59)68-22-14-35(15-23-68)36-8-10-46-48(27-36)67(2)57(77)72(46)47-11-12-49(75)64-55(47)76/h7-10,26-28,31,35,38-40,47,73-74H,3-6,11-25,29-30,32-34H2,1-2H3,(H,64,75,76)/t38-,39-,47?,60-/m0/s1. The number of fused-ring (bicyclic) bond motifs is 4. The molecule has 7 aliphatic rings. The first kappa shape index (κ1) is 52.6. The molecule has 6 saturated heterocycles. The van der Waals surface area contributed by atoms with Crippen LogP contribution in [0.5, 0.6) is 11.8 Å². The van der Waals surface area contributed by atoms with Crippen LogP contribution in [0.15, 0.2) is 53.5 Å². The molecule has 1 aliphatic carbocycles. The van der Waals surface area contributed by atoms with Crippen LogP contribution in [-0.2, 0) is 27.8 Å². The molecular formula is C60H70F2N10O8. The van der Waals surface area contributed by atoms with E-state index in [1.54, 1.807) is 17.7 Å². The Morgan fingerprint density at radius 3 is 2.46 bits per heavy atom. The molecule has 80 heavy (non-hydrogen) atoms. The third kappa shape index (κ3) is 9.03. The van der Waals surface area contributed by atoms with Crippen molar-refractivity contribution in [2.24, 2.45) is 12.5 Å². The summed E-state index contributed by atoms with van der Waals surface area (Å²) in [6.07, 6.45) is 13.4. The number of carbonyl (C=O) groups is 3. The fourth-order valence-corrected chi connectivity index (χ4v) is 15.3. The first-order chi connectivity index (χ1) is 38.7. The lowest BCUT2D eigenvalue weighted by molar-refractivity contribution is -0.135. The molecular weight excluding hydrogens is 1030 g/mol. The van der Waals surface area contributed by atoms with Gasteiger partial charge in [-0.25, -0.2) is 18.4 Å². The molecule has 1 unspecified atom stereocenters. The van der Waals surface area contributed by atoms with E-state index in [2.05, 4.69) is 32.2 Å². The van der Waals surface area contributed by atoms with Gasteiger partial charge in [0.05, 0.1) is 34.6 Å². The Morgan fingerprint density at radius 2 is 1.69 bits per heavy atom. The van der Waals surface area contributed by atoms with Crippen LogP contribution in [0.4, 0.5) is 19.4 Å². The van der Waals surface area contributed by atoms with Crippen molar-refractivity contribution in [3.63, 3.8) is 0 Å². The van der Waals surface area contributed by atoms with Gasteiger partial charge in [-0.1, -0.05) is 19.1 Å². The second-order valence-corrected chi connectivity index (χ2v) is 24.0. The molecule has 20 heteroatoms. The summed E-state index contributed by atoms with van der Waals surface area (Å²) >= 11 is 0. The second-order valence-electron chi connectivity index (χ2n) is 24.0. The summed E-state index contributed by atoms with van der Waals surface area (Å²) in [5.74, 6) is -1.23. The van der Waals surface area contributed by atoms with Gasteiger partial charge in [-0.2, -0.15) is 9.97 Å². The van der Waals surface area contributed by atoms with Gasteiger partial charge in [-0.15, -0.1) is 0 Å². The molecule has 1 spiro atoms. The molecule has 0 radical (unpaired) electrons. The number of imidazole rings is 1. The number of aliphatic hydroxyl groups excluding tert-OH is 1. The van der Waals surface area contributed by atoms with Gasteiger partial charge in [0.25, 0.3) is 0 Å². The molecule has 3 aromatic heterocycles. The predicted molar refractivity (Wildman–Crippen MR) is 296 cm³/mol. The highest BCUT2D eigenvalue weighted by molar-refractivity contribution is 6.02. The number of halogens is 2. The van der Waals surface area contributed by atoms with Gasteiger partial charge in [0, 0.05) is 56.9 Å². The summed E-state index contributed by atoms with van der Waals surface area (Å²) in [6.45, 7) is 7.06. The fourth-order valence-electron chi connectivity index (χ4n) is 15.3. The lowest BCUT2D eigenvalue weighted by Crippen LogP contribution is -2.56. The van der Waals surface area contributed by atoms with E-state index < -0.39 is 23.6 Å². The summed E-state index contributed by atoms with van der Waals surface area (Å²) in [7, 11) is 1.74. The summed E-state index contributed by atoms with van der Waals surface area (Å²) in [4.78, 5) is 74.6. The van der Waals surface area contributed by atoms with Gasteiger partial charge in [-0.3, -0.25) is 33.9 Å². The smallest absolute Gasteiger partial charge is 0.409 e. The maximum Gasteiger partial charge on any atom is 0.409 e. The van der Waals surface area contributed by atoms with Crippen molar-refractivity contribution < 1.29 is 42.9 Å². The highest BCUT2D eigenvalue weighted by atomic mass is 19.1. The molecule has 6 aliphatic heterocycles. The Bertz CT molecular complexity index is 3510. The van der Waals surface area contributed by atoms with Crippen LogP contribution in [-0.4, -0.2) is 150 Å². The van der Waals surface area contributed by atoms with Crippen molar-refractivity contribution in [1.29, 1.82) is 0 Å². The minimum absolute atomic E-state index is 0.00189. The quantitative estimate of drug-likeness (QED) is 0.101. The number of nitrogens with zero attached hydrogens (tertiary/aromatic N) is 9. The number of pyridine rings is 1. The number of aryl methyl sites for hydroxylation is 2. The topological polar surface area (TPSA) is 201 Å². The van der Waals surface area contributed by atoms with Crippen molar-refractivity contribution in [2.45, 2.75) is 139 Å². The van der Waals surface area contributed by atoms with E-state index in [-0.39, 0.29) is 95.5 Å². The predicted octanol–water partition coefficient (Wildman–Crippen LogP) is 7.62. The number of imide groups is 1. The number of benzene rings is 3. The molecule has 3 N–H and O–H groups in total. The highest BCUT2D eigenvalue weighted by Gasteiger charge is 2.52. The summed E-state index contributed by atoms with van der Waals surface area (Å²) < 4.78 is 48.3. The van der Waals surface area contributed by atoms with E-state index in [0.29, 0.717) is 77.5 Å². The largest absolute Gasteiger partial charge is 0.508 e. The zero-order chi connectivity index (χ0) is 55.2. The molecule has 0 bridgehead atoms. The number of piperidine rings is 3. The van der Waals surface area contributed by atoms with Crippen molar-refractivity contribution >= 4 is 56.4 Å². The van der Waals surface area contributed by atoms with Crippen molar-refractivity contribution in [1.82, 2.24) is 44.1 Å². The number of nitrogens with one attached hydrogen (secondary N) is 1. The average Bonchev–Trinajstić information content (AvgIpc) is 4.28. The van der Waals surface area contributed by atoms with Crippen LogP contribution in [0.25, 0.3) is 44.0 Å². The molecule has 13 rings (SSSR count). The van der Waals surface area contributed by atoms with E-state index >= 15 is 8.78 Å². The van der Waals surface area contributed by atoms with Gasteiger partial charge >= 0.3 is 17.8 Å². The number of aromatic hydroxyl groups is 1. The lowest BCUT2D eigenvalue weighted by atomic mass is 9.59. The molecule has 422 valence electrons. The highest BCUT2D eigenvalue weighted by Crippen LogP contribution is 2.52. The zero-order valence-electron chi connectivity index (χ0n) is 45.6. The number of phenolic OH excluding ortho intramolecular Hbond substituents is 1. The van der Waals surface area contributed by atoms with Crippen LogP contribution in [0.2, 0.25) is 0 Å². The summed E-state index contributed by atoms with van der Waals surface area (Å²) in [6, 6.07) is 11.6. The maximum absolute atomic E-state index is 17.2. The third-order valence-electron chi connectivity index (χ3n) is 19.7. The second kappa shape index (κ2) is 20.6. The number of likely N-dealkylation sites (tertiary alicyclic amines) is 2. The minimum Gasteiger partial charge on any atom is -0.508 e. The molecule has 9 heterocycles. The van der Waals surface area contributed by atoms with E-state index in [4.69, 9.17) is 19.4 Å². The number of carbonyl (C=O) groups excluding carboxylic acids is 3. The molecule has 18 nitrogen and oxygen atoms in total. The Hall–Kier alpha value is -6.77. The number of aromatic nitrogens is 5. The number of rotatable bonds is 12. The summed E-state index contributed by atoms with van der Waals surface area (Å²) in [5, 5.41) is 24.9. The van der Waals surface area contributed by atoms with Crippen molar-refractivity contribution in [3.8, 4) is 23.0 Å². The molecule has 1 saturated carbocycles. The van der Waals surface area contributed by atoms with Gasteiger partial charge in [0.2, 0.25) is 11.8 Å². The van der Waals surface area contributed by atoms with E-state index in [9.17, 15) is 29.4 Å². The SMILES string of the molecule is CCc1c(F)ccc2cc(O)cc(-c3ncc4c(N5CCC[C@H]5CO)nc(OC[C@@]56CCCN5[C@H](COC(=O)N5CCC7(CC5)CC(N5CCC(c8ccc9c(c8)n(C)c(=O)n9C8CCC(=O)NC8=O)CC5)C7)CC6)nc4c3F)c12. The monoisotopic (exact) mass is 1100 g/mol. The van der Waals surface area contributed by atoms with Gasteiger partial charge in [-0.05, 0) is 173 Å². The number of amides is 3. The molecule has 7 fully saturated rings. The van der Waals surface area contributed by atoms with Gasteiger partial charge in [0.1, 0.15) is 47.9 Å². The van der Waals surface area contributed by atoms with Gasteiger partial charge < -0.3 is 34.4 Å². The number of anilines is 1. The van der Waals surface area contributed by atoms with Crippen LogP contribution in [0, 0.1) is 17.0 Å². The Labute approximate surface area is 462 Å². The molecule has 6 aromatic rings. The van der Waals surface area contributed by atoms with Gasteiger partial charge in [0.15, 0.2) is 5.82 Å². The van der Waals surface area contributed by atoms with E-state index in [0.717, 1.165) is 102 Å². The number of ether oxygens (including phenoxy) is 2. The van der Waals surface area contributed by atoms with Crippen LogP contribution < -0.4 is 20.6 Å². The lowest BCUT2D eigenvalue weighted by Gasteiger charge is -2.56. The van der Waals surface area contributed by atoms with Crippen molar-refractivity contribution in [3.05, 3.63) is 81.9 Å². The number of phenols is 1. The fraction of sp³-hybridized carbons (Fsp3) is 0.550. The number of aliphatic hydroxyl groups is 1. The Balaban J connectivity index is 0.620. The normalized spacial score (nSPS) is 24.8. The van der Waals surface area contributed by atoms with Crippen LogP contribution in [0.1, 0.15) is 120 Å². The molecule has 4 atom stereocenters. The van der Waals surface area contributed by atoms with Crippen LogP contribution in [0.3, 0.4) is 0 Å².